The minimum Gasteiger partial charge on any atom is -0.503 e. The first-order valence-corrected chi connectivity index (χ1v) is 9.31. The molecule has 0 aliphatic carbocycles. The summed E-state index contributed by atoms with van der Waals surface area (Å²) in [6.45, 7) is 0.523. The lowest BCUT2D eigenvalue weighted by Crippen LogP contribution is -2.18. The Balaban J connectivity index is 1.62. The van der Waals surface area contributed by atoms with E-state index in [9.17, 15) is 9.90 Å². The first-order chi connectivity index (χ1) is 13.5. The second-order valence-corrected chi connectivity index (χ2v) is 7.07. The number of methoxy groups -OCH3 is 1. The van der Waals surface area contributed by atoms with Crippen molar-refractivity contribution in [2.24, 2.45) is 5.10 Å². The van der Waals surface area contributed by atoms with Crippen molar-refractivity contribution < 1.29 is 14.6 Å². The first-order valence-electron chi connectivity index (χ1n) is 8.14. The molecule has 2 aromatic carbocycles. The number of phenols is 1. The number of halogens is 2. The highest BCUT2D eigenvalue weighted by molar-refractivity contribution is 9.10. The van der Waals surface area contributed by atoms with Crippen LogP contribution in [0, 0.1) is 0 Å². The Morgan fingerprint density at radius 3 is 2.82 bits per heavy atom. The highest BCUT2D eigenvalue weighted by Crippen LogP contribution is 2.34. The lowest BCUT2D eigenvalue weighted by atomic mass is 10.2. The summed E-state index contributed by atoms with van der Waals surface area (Å²) in [5, 5.41) is 18.6. The van der Waals surface area contributed by atoms with Crippen LogP contribution in [-0.2, 0) is 6.54 Å². The smallest absolute Gasteiger partial charge is 0.291 e. The van der Waals surface area contributed by atoms with Gasteiger partial charge in [0.1, 0.15) is 0 Å². The van der Waals surface area contributed by atoms with Crippen LogP contribution in [0.15, 0.2) is 58.2 Å². The zero-order valence-corrected chi connectivity index (χ0v) is 17.1. The normalized spacial score (nSPS) is 11.0. The van der Waals surface area contributed by atoms with Gasteiger partial charge in [-0.2, -0.15) is 10.2 Å². The molecule has 7 nitrogen and oxygen atoms in total. The molecule has 28 heavy (non-hydrogen) atoms. The minimum absolute atomic E-state index is 0.00471. The molecule has 0 atom stereocenters. The Morgan fingerprint density at radius 1 is 1.36 bits per heavy atom. The van der Waals surface area contributed by atoms with Gasteiger partial charge in [0.2, 0.25) is 0 Å². The third-order valence-corrected chi connectivity index (χ3v) is 4.64. The Morgan fingerprint density at radius 2 is 2.11 bits per heavy atom. The largest absolute Gasteiger partial charge is 0.503 e. The summed E-state index contributed by atoms with van der Waals surface area (Å²) >= 11 is 9.11. The van der Waals surface area contributed by atoms with E-state index in [1.165, 1.54) is 13.3 Å². The molecule has 0 spiro atoms. The topological polar surface area (TPSA) is 88.7 Å². The lowest BCUT2D eigenvalue weighted by molar-refractivity contribution is 0.0949. The van der Waals surface area contributed by atoms with Gasteiger partial charge in [-0.3, -0.25) is 9.48 Å². The summed E-state index contributed by atoms with van der Waals surface area (Å²) in [5.41, 5.74) is 4.32. The zero-order chi connectivity index (χ0) is 20.1. The van der Waals surface area contributed by atoms with E-state index in [1.807, 2.05) is 12.1 Å². The molecule has 0 fully saturated rings. The van der Waals surface area contributed by atoms with Crippen LogP contribution in [0.4, 0.5) is 0 Å². The average Bonchev–Trinajstić information content (AvgIpc) is 3.15. The fourth-order valence-corrected chi connectivity index (χ4v) is 2.98. The number of benzene rings is 2. The number of phenolic OH excluding ortho intramolecular Hbond substituents is 1. The standard InChI is InChI=1S/C19H16BrClN4O3/c1-28-17-9-13(8-15(20)18(17)26)10-22-23-19(27)16-6-7-25(24-16)11-12-2-4-14(21)5-3-12/h2-10,26H,11H2,1H3,(H,23,27). The second kappa shape index (κ2) is 8.90. The summed E-state index contributed by atoms with van der Waals surface area (Å²) in [7, 11) is 1.45. The number of carbonyl (C=O) groups excluding carboxylic acids is 1. The van der Waals surface area contributed by atoms with Crippen molar-refractivity contribution in [2.45, 2.75) is 6.54 Å². The Hall–Kier alpha value is -2.84. The van der Waals surface area contributed by atoms with Gasteiger partial charge < -0.3 is 9.84 Å². The number of aromatic nitrogens is 2. The molecule has 0 saturated heterocycles. The van der Waals surface area contributed by atoms with Gasteiger partial charge in [0.25, 0.3) is 5.91 Å². The summed E-state index contributed by atoms with van der Waals surface area (Å²) in [4.78, 5) is 12.2. The number of ether oxygens (including phenoxy) is 1. The number of nitrogens with one attached hydrogen (secondary N) is 1. The van der Waals surface area contributed by atoms with E-state index in [1.54, 1.807) is 41.2 Å². The fourth-order valence-electron chi connectivity index (χ4n) is 2.39. The number of hydrazone groups is 1. The quantitative estimate of drug-likeness (QED) is 0.430. The predicted molar refractivity (Wildman–Crippen MR) is 110 cm³/mol. The van der Waals surface area contributed by atoms with Crippen LogP contribution in [-0.4, -0.2) is 34.1 Å². The summed E-state index contributed by atoms with van der Waals surface area (Å²) in [6, 6.07) is 12.3. The van der Waals surface area contributed by atoms with Crippen molar-refractivity contribution in [3.8, 4) is 11.5 Å². The molecule has 3 rings (SSSR count). The zero-order valence-electron chi connectivity index (χ0n) is 14.8. The fraction of sp³-hybridized carbons (Fsp3) is 0.105. The first kappa shape index (κ1) is 19.9. The molecule has 3 aromatic rings. The van der Waals surface area contributed by atoms with Crippen LogP contribution in [0.2, 0.25) is 5.02 Å². The van der Waals surface area contributed by atoms with E-state index in [2.05, 4.69) is 31.6 Å². The maximum Gasteiger partial charge on any atom is 0.291 e. The van der Waals surface area contributed by atoms with Gasteiger partial charge in [0, 0.05) is 11.2 Å². The molecule has 1 amide bonds. The molecule has 0 saturated carbocycles. The highest BCUT2D eigenvalue weighted by atomic mass is 79.9. The summed E-state index contributed by atoms with van der Waals surface area (Å²) in [5.74, 6) is -0.145. The van der Waals surface area contributed by atoms with Crippen molar-refractivity contribution in [3.63, 3.8) is 0 Å². The van der Waals surface area contributed by atoms with Gasteiger partial charge in [-0.25, -0.2) is 5.43 Å². The number of aromatic hydroxyl groups is 1. The number of rotatable bonds is 6. The second-order valence-electron chi connectivity index (χ2n) is 5.78. The van der Waals surface area contributed by atoms with Crippen LogP contribution in [0.25, 0.3) is 0 Å². The van der Waals surface area contributed by atoms with Crippen molar-refractivity contribution in [1.82, 2.24) is 15.2 Å². The van der Waals surface area contributed by atoms with Crippen LogP contribution >= 0.6 is 27.5 Å². The van der Waals surface area contributed by atoms with Crippen molar-refractivity contribution in [2.75, 3.05) is 7.11 Å². The van der Waals surface area contributed by atoms with Crippen molar-refractivity contribution >= 4 is 39.7 Å². The molecular formula is C19H16BrClN4O3. The Labute approximate surface area is 174 Å². The molecule has 144 valence electrons. The number of amides is 1. The predicted octanol–water partition coefficient (Wildman–Crippen LogP) is 3.83. The van der Waals surface area contributed by atoms with Crippen LogP contribution in [0.5, 0.6) is 11.5 Å². The molecule has 0 unspecified atom stereocenters. The van der Waals surface area contributed by atoms with Gasteiger partial charge in [0.05, 0.1) is 24.3 Å². The third kappa shape index (κ3) is 4.90. The molecule has 9 heteroatoms. The van der Waals surface area contributed by atoms with E-state index < -0.39 is 5.91 Å². The molecular weight excluding hydrogens is 448 g/mol. The van der Waals surface area contributed by atoms with Crippen molar-refractivity contribution in [1.29, 1.82) is 0 Å². The summed E-state index contributed by atoms with van der Waals surface area (Å²) in [6.07, 6.45) is 3.16. The maximum atomic E-state index is 12.2. The molecule has 0 bridgehead atoms. The highest BCUT2D eigenvalue weighted by Gasteiger charge is 2.10. The lowest BCUT2D eigenvalue weighted by Gasteiger charge is -2.06. The van der Waals surface area contributed by atoms with Crippen molar-refractivity contribution in [3.05, 3.63) is 75.0 Å². The number of hydrogen-bond donors (Lipinski definition) is 2. The number of carbonyl (C=O) groups is 1. The Kier molecular flexibility index (Phi) is 6.33. The molecule has 0 aliphatic rings. The molecule has 2 N–H and O–H groups in total. The van der Waals surface area contributed by atoms with Crippen LogP contribution in [0.1, 0.15) is 21.6 Å². The maximum absolute atomic E-state index is 12.2. The van der Waals surface area contributed by atoms with Crippen LogP contribution in [0.3, 0.4) is 0 Å². The van der Waals surface area contributed by atoms with E-state index >= 15 is 0 Å². The van der Waals surface area contributed by atoms with Gasteiger partial charge >= 0.3 is 0 Å². The van der Waals surface area contributed by atoms with Gasteiger partial charge in [-0.1, -0.05) is 23.7 Å². The van der Waals surface area contributed by atoms with E-state index in [-0.39, 0.29) is 11.4 Å². The SMILES string of the molecule is COc1cc(C=NNC(=O)c2ccn(Cc3ccc(Cl)cc3)n2)cc(Br)c1O. The molecule has 1 aromatic heterocycles. The van der Waals surface area contributed by atoms with E-state index in [0.29, 0.717) is 27.4 Å². The van der Waals surface area contributed by atoms with Gasteiger partial charge in [0.15, 0.2) is 17.2 Å². The van der Waals surface area contributed by atoms with Crippen LogP contribution < -0.4 is 10.2 Å². The summed E-state index contributed by atoms with van der Waals surface area (Å²) < 4.78 is 7.19. The minimum atomic E-state index is -0.434. The monoisotopic (exact) mass is 462 g/mol. The Bertz CT molecular complexity index is 1020. The molecule has 0 aliphatic heterocycles. The average molecular weight is 464 g/mol. The number of nitrogens with zero attached hydrogens (tertiary/aromatic N) is 3. The van der Waals surface area contributed by atoms with Gasteiger partial charge in [-0.05, 0) is 57.4 Å². The van der Waals surface area contributed by atoms with E-state index in [0.717, 1.165) is 5.56 Å². The third-order valence-electron chi connectivity index (χ3n) is 3.78. The molecule has 0 radical (unpaired) electrons. The molecule has 1 heterocycles. The number of hydrogen-bond acceptors (Lipinski definition) is 5. The van der Waals surface area contributed by atoms with Gasteiger partial charge in [-0.15, -0.1) is 0 Å². The van der Waals surface area contributed by atoms with E-state index in [4.69, 9.17) is 16.3 Å².